The van der Waals surface area contributed by atoms with E-state index in [0.717, 1.165) is 51.6 Å². The Hall–Kier alpha value is -3.27. The van der Waals surface area contributed by atoms with Gasteiger partial charge in [-0.2, -0.15) is 0 Å². The summed E-state index contributed by atoms with van der Waals surface area (Å²) in [5, 5.41) is 9.89. The fourth-order valence-electron chi connectivity index (χ4n) is 4.59. The monoisotopic (exact) mass is 494 g/mol. The molecule has 2 N–H and O–H groups in total. The molecule has 2 aromatic rings. The molecule has 9 nitrogen and oxygen atoms in total. The molecule has 1 aromatic heterocycles. The van der Waals surface area contributed by atoms with E-state index in [-0.39, 0.29) is 6.04 Å². The molecule has 0 radical (unpaired) electrons. The van der Waals surface area contributed by atoms with Crippen LogP contribution in [-0.2, 0) is 20.8 Å². The van der Waals surface area contributed by atoms with Crippen LogP contribution in [-0.4, -0.2) is 65.6 Å². The standard InChI is InChI=1S/C27H34N4O5/c32-25(29-36-26-10-4-5-18-35-26)14-12-22-11-13-24(28-19-22)31(27(33)34)23-15-17-30(20-23)16-6-9-21-7-2-1-3-8-21/h1-3,7-8,11-14,19,23,26H,4-6,9-10,15-18,20H2,(H,29,32)(H,33,34)/b14-12+/t23-,26?/m1/s1. The number of amides is 2. The molecule has 2 fully saturated rings. The van der Waals surface area contributed by atoms with Crippen molar-refractivity contribution in [3.05, 3.63) is 65.9 Å². The minimum Gasteiger partial charge on any atom is -0.465 e. The van der Waals surface area contributed by atoms with Gasteiger partial charge in [-0.15, -0.1) is 0 Å². The first kappa shape index (κ1) is 25.8. The zero-order valence-corrected chi connectivity index (χ0v) is 20.4. The molecule has 0 saturated carbocycles. The Bertz CT molecular complexity index is 1010. The van der Waals surface area contributed by atoms with Crippen LogP contribution < -0.4 is 10.4 Å². The summed E-state index contributed by atoms with van der Waals surface area (Å²) in [5.41, 5.74) is 4.37. The lowest BCUT2D eigenvalue weighted by Gasteiger charge is -2.25. The van der Waals surface area contributed by atoms with Crippen LogP contribution >= 0.6 is 0 Å². The van der Waals surface area contributed by atoms with Crippen molar-refractivity contribution in [3.63, 3.8) is 0 Å². The van der Waals surface area contributed by atoms with Gasteiger partial charge in [0.2, 0.25) is 0 Å². The summed E-state index contributed by atoms with van der Waals surface area (Å²) < 4.78 is 5.41. The summed E-state index contributed by atoms with van der Waals surface area (Å²) in [7, 11) is 0. The molecule has 0 spiro atoms. The largest absolute Gasteiger partial charge is 0.465 e. The summed E-state index contributed by atoms with van der Waals surface area (Å²) in [4.78, 5) is 37.4. The van der Waals surface area contributed by atoms with E-state index in [2.05, 4.69) is 39.6 Å². The Balaban J connectivity index is 1.25. The number of hydroxylamine groups is 1. The first-order chi connectivity index (χ1) is 17.6. The average molecular weight is 495 g/mol. The second-order valence-corrected chi connectivity index (χ2v) is 9.15. The number of carboxylic acid groups (broad SMARTS) is 1. The lowest BCUT2D eigenvalue weighted by molar-refractivity contribution is -0.198. The lowest BCUT2D eigenvalue weighted by Crippen LogP contribution is -2.42. The van der Waals surface area contributed by atoms with Gasteiger partial charge in [-0.3, -0.25) is 9.69 Å². The number of pyridine rings is 1. The highest BCUT2D eigenvalue weighted by molar-refractivity contribution is 5.91. The molecule has 2 atom stereocenters. The minimum atomic E-state index is -1.01. The van der Waals surface area contributed by atoms with Gasteiger partial charge in [-0.05, 0) is 68.0 Å². The minimum absolute atomic E-state index is 0.141. The maximum absolute atomic E-state index is 12.1. The van der Waals surface area contributed by atoms with Gasteiger partial charge in [0.05, 0.1) is 6.04 Å². The molecule has 0 aliphatic carbocycles. The first-order valence-electron chi connectivity index (χ1n) is 12.6. The summed E-state index contributed by atoms with van der Waals surface area (Å²) >= 11 is 0. The molecule has 3 heterocycles. The van der Waals surface area contributed by atoms with Gasteiger partial charge in [0, 0.05) is 38.4 Å². The Morgan fingerprint density at radius 3 is 2.78 bits per heavy atom. The lowest BCUT2D eigenvalue weighted by atomic mass is 10.1. The molecule has 2 amide bonds. The van der Waals surface area contributed by atoms with E-state index in [1.807, 2.05) is 6.07 Å². The van der Waals surface area contributed by atoms with Crippen molar-refractivity contribution >= 4 is 23.9 Å². The fourth-order valence-corrected chi connectivity index (χ4v) is 4.59. The molecule has 1 unspecified atom stereocenters. The zero-order valence-electron chi connectivity index (χ0n) is 20.4. The van der Waals surface area contributed by atoms with Gasteiger partial charge in [0.15, 0.2) is 6.29 Å². The zero-order chi connectivity index (χ0) is 25.2. The third-order valence-electron chi connectivity index (χ3n) is 6.47. The third kappa shape index (κ3) is 7.61. The molecule has 9 heteroatoms. The number of benzene rings is 1. The molecular weight excluding hydrogens is 460 g/mol. The van der Waals surface area contributed by atoms with E-state index in [0.29, 0.717) is 24.5 Å². The number of carbonyl (C=O) groups excluding carboxylic acids is 1. The number of hydrogen-bond acceptors (Lipinski definition) is 6. The van der Waals surface area contributed by atoms with Crippen LogP contribution in [0.25, 0.3) is 6.08 Å². The molecule has 1 aromatic carbocycles. The average Bonchev–Trinajstić information content (AvgIpc) is 3.36. The number of ether oxygens (including phenoxy) is 1. The van der Waals surface area contributed by atoms with Crippen LogP contribution in [0.15, 0.2) is 54.7 Å². The maximum Gasteiger partial charge on any atom is 0.413 e. The summed E-state index contributed by atoms with van der Waals surface area (Å²) in [6, 6.07) is 13.7. The Morgan fingerprint density at radius 2 is 2.06 bits per heavy atom. The molecule has 4 rings (SSSR count). The number of likely N-dealkylation sites (tertiary alicyclic amines) is 1. The van der Waals surface area contributed by atoms with Gasteiger partial charge < -0.3 is 14.7 Å². The highest BCUT2D eigenvalue weighted by atomic mass is 16.8. The summed E-state index contributed by atoms with van der Waals surface area (Å²) in [5.74, 6) is -0.0169. The van der Waals surface area contributed by atoms with Crippen molar-refractivity contribution in [3.8, 4) is 0 Å². The van der Waals surface area contributed by atoms with Crippen LogP contribution in [0, 0.1) is 0 Å². The van der Waals surface area contributed by atoms with Crippen LogP contribution in [0.3, 0.4) is 0 Å². The topological polar surface area (TPSA) is 104 Å². The number of hydrogen-bond donors (Lipinski definition) is 2. The molecule has 192 valence electrons. The van der Waals surface area contributed by atoms with Crippen LogP contribution in [0.1, 0.15) is 43.2 Å². The predicted octanol–water partition coefficient (Wildman–Crippen LogP) is 3.86. The van der Waals surface area contributed by atoms with Crippen molar-refractivity contribution < 1.29 is 24.3 Å². The van der Waals surface area contributed by atoms with E-state index >= 15 is 0 Å². The van der Waals surface area contributed by atoms with Gasteiger partial charge in [-0.25, -0.2) is 20.1 Å². The second kappa shape index (κ2) is 13.2. The smallest absolute Gasteiger partial charge is 0.413 e. The number of rotatable bonds is 10. The summed E-state index contributed by atoms with van der Waals surface area (Å²) in [6.45, 7) is 3.13. The first-order valence-corrected chi connectivity index (χ1v) is 12.6. The molecule has 36 heavy (non-hydrogen) atoms. The van der Waals surface area contributed by atoms with Crippen LogP contribution in [0.2, 0.25) is 0 Å². The molecule has 2 aliphatic rings. The van der Waals surface area contributed by atoms with E-state index in [9.17, 15) is 14.7 Å². The maximum atomic E-state index is 12.1. The van der Waals surface area contributed by atoms with Crippen molar-refractivity contribution in [1.82, 2.24) is 15.4 Å². The van der Waals surface area contributed by atoms with Crippen LogP contribution in [0.5, 0.6) is 0 Å². The quantitative estimate of drug-likeness (QED) is 0.382. The van der Waals surface area contributed by atoms with E-state index < -0.39 is 18.3 Å². The van der Waals surface area contributed by atoms with E-state index in [4.69, 9.17) is 9.57 Å². The number of anilines is 1. The van der Waals surface area contributed by atoms with Crippen molar-refractivity contribution in [2.75, 3.05) is 31.1 Å². The van der Waals surface area contributed by atoms with Gasteiger partial charge >= 0.3 is 6.09 Å². The highest BCUT2D eigenvalue weighted by Gasteiger charge is 2.32. The number of nitrogens with one attached hydrogen (secondary N) is 1. The van der Waals surface area contributed by atoms with Gasteiger partial charge in [0.25, 0.3) is 5.91 Å². The number of aryl methyl sites for hydroxylation is 1. The van der Waals surface area contributed by atoms with Gasteiger partial charge in [0.1, 0.15) is 5.82 Å². The molecule has 2 aliphatic heterocycles. The molecule has 2 saturated heterocycles. The molecule has 0 bridgehead atoms. The highest BCUT2D eigenvalue weighted by Crippen LogP contribution is 2.23. The van der Waals surface area contributed by atoms with Crippen molar-refractivity contribution in [2.45, 2.75) is 50.9 Å². The summed E-state index contributed by atoms with van der Waals surface area (Å²) in [6.07, 6.45) is 8.68. The molecular formula is C27H34N4O5. The number of carbonyl (C=O) groups is 2. The van der Waals surface area contributed by atoms with Crippen molar-refractivity contribution in [2.24, 2.45) is 0 Å². The Labute approximate surface area is 211 Å². The predicted molar refractivity (Wildman–Crippen MR) is 136 cm³/mol. The van der Waals surface area contributed by atoms with Gasteiger partial charge in [-0.1, -0.05) is 30.3 Å². The Kier molecular flexibility index (Phi) is 9.43. The van der Waals surface area contributed by atoms with E-state index in [1.165, 1.54) is 16.5 Å². The SMILES string of the molecule is O=C(/C=C/c1ccc(N(C(=O)O)[C@@H]2CCN(CCCc3ccccc3)C2)nc1)NOC1CCCCO1. The Morgan fingerprint density at radius 1 is 1.19 bits per heavy atom. The van der Waals surface area contributed by atoms with Crippen molar-refractivity contribution in [1.29, 1.82) is 0 Å². The van der Waals surface area contributed by atoms with E-state index in [1.54, 1.807) is 24.4 Å². The number of nitrogens with zero attached hydrogens (tertiary/aromatic N) is 3. The normalized spacial score (nSPS) is 20.4. The number of aromatic nitrogens is 1. The third-order valence-corrected chi connectivity index (χ3v) is 6.47. The second-order valence-electron chi connectivity index (χ2n) is 9.15. The van der Waals surface area contributed by atoms with Crippen LogP contribution in [0.4, 0.5) is 10.6 Å². The fraction of sp³-hybridized carbons (Fsp3) is 0.444.